The summed E-state index contributed by atoms with van der Waals surface area (Å²) in [6.07, 6.45) is 4.01. The van der Waals surface area contributed by atoms with E-state index in [1.54, 1.807) is 0 Å². The van der Waals surface area contributed by atoms with Crippen molar-refractivity contribution in [1.29, 1.82) is 0 Å². The summed E-state index contributed by atoms with van der Waals surface area (Å²) in [5, 5.41) is 0. The van der Waals surface area contributed by atoms with Crippen LogP contribution in [0.15, 0.2) is 36.5 Å². The van der Waals surface area contributed by atoms with E-state index >= 15 is 0 Å². The van der Waals surface area contributed by atoms with E-state index in [1.807, 2.05) is 27.0 Å². The molecular weight excluding hydrogens is 324 g/mol. The molecule has 26 heavy (non-hydrogen) atoms. The van der Waals surface area contributed by atoms with Crippen LogP contribution in [0.4, 0.5) is 0 Å². The smallest absolute Gasteiger partial charge is 0.204 e. The Labute approximate surface area is 157 Å². The fourth-order valence-corrected chi connectivity index (χ4v) is 3.51. The number of hydrogen-bond donors (Lipinski definition) is 0. The highest BCUT2D eigenvalue weighted by Crippen LogP contribution is 2.33. The Morgan fingerprint density at radius 1 is 1.15 bits per heavy atom. The van der Waals surface area contributed by atoms with E-state index in [-0.39, 0.29) is 0 Å². The number of fused-ring (bicyclic) bond motifs is 1. The number of nitrogens with zero attached hydrogens (tertiary/aromatic N) is 2. The van der Waals surface area contributed by atoms with Gasteiger partial charge in [0, 0.05) is 45.1 Å². The fraction of sp³-hybridized carbons (Fsp3) is 0.500. The minimum absolute atomic E-state index is 0.608. The van der Waals surface area contributed by atoms with Crippen molar-refractivity contribution in [2.45, 2.75) is 59.4 Å². The minimum Gasteiger partial charge on any atom is -0.461 e. The van der Waals surface area contributed by atoms with Crippen molar-refractivity contribution in [3.8, 4) is 5.75 Å². The van der Waals surface area contributed by atoms with Crippen molar-refractivity contribution in [3.05, 3.63) is 58.9 Å². The number of aryl methyl sites for hydroxylation is 1. The normalized spacial score (nSPS) is 16.0. The first-order chi connectivity index (χ1) is 12.5. The second kappa shape index (κ2) is 8.19. The van der Waals surface area contributed by atoms with Gasteiger partial charge in [-0.1, -0.05) is 37.3 Å². The van der Waals surface area contributed by atoms with Gasteiger partial charge in [0.1, 0.15) is 5.75 Å². The Morgan fingerprint density at radius 3 is 2.65 bits per heavy atom. The van der Waals surface area contributed by atoms with E-state index in [0.717, 1.165) is 43.9 Å². The first-order valence-corrected chi connectivity index (χ1v) is 9.55. The molecule has 3 rings (SSSR count). The highest BCUT2D eigenvalue weighted by Gasteiger charge is 2.28. The second-order valence-electron chi connectivity index (χ2n) is 7.47. The molecule has 0 spiro atoms. The van der Waals surface area contributed by atoms with Crippen LogP contribution in [-0.4, -0.2) is 28.8 Å². The van der Waals surface area contributed by atoms with Crippen molar-refractivity contribution < 1.29 is 9.47 Å². The van der Waals surface area contributed by atoms with Crippen LogP contribution >= 0.6 is 0 Å². The molecule has 4 nitrogen and oxygen atoms in total. The van der Waals surface area contributed by atoms with Gasteiger partial charge in [-0.05, 0) is 31.0 Å². The van der Waals surface area contributed by atoms with Crippen LogP contribution in [0.25, 0.3) is 0 Å². The van der Waals surface area contributed by atoms with Crippen LogP contribution < -0.4 is 4.74 Å². The lowest BCUT2D eigenvalue weighted by Gasteiger charge is -2.26. The van der Waals surface area contributed by atoms with Gasteiger partial charge in [-0.15, -0.1) is 0 Å². The zero-order valence-corrected chi connectivity index (χ0v) is 16.4. The van der Waals surface area contributed by atoms with Crippen LogP contribution in [0.2, 0.25) is 0 Å². The average Bonchev–Trinajstić information content (AvgIpc) is 2.77. The van der Waals surface area contributed by atoms with Crippen molar-refractivity contribution in [2.24, 2.45) is 0 Å². The summed E-state index contributed by atoms with van der Waals surface area (Å²) in [4.78, 5) is 7.10. The van der Waals surface area contributed by atoms with Gasteiger partial charge in [-0.25, -0.2) is 0 Å². The van der Waals surface area contributed by atoms with Crippen molar-refractivity contribution in [1.82, 2.24) is 9.88 Å². The SMILES string of the molecule is CCCN(Cc1ccccc1)Cc1cnc(C)c2c1CCOC(C)(C)O2. The van der Waals surface area contributed by atoms with Crippen LogP contribution in [-0.2, 0) is 24.2 Å². The van der Waals surface area contributed by atoms with Crippen LogP contribution in [0.5, 0.6) is 5.75 Å². The largest absolute Gasteiger partial charge is 0.461 e. The molecule has 1 aromatic carbocycles. The van der Waals surface area contributed by atoms with Gasteiger partial charge in [0.2, 0.25) is 5.79 Å². The number of hydrogen-bond acceptors (Lipinski definition) is 4. The lowest BCUT2D eigenvalue weighted by molar-refractivity contribution is -0.149. The quantitative estimate of drug-likeness (QED) is 0.765. The predicted molar refractivity (Wildman–Crippen MR) is 104 cm³/mol. The summed E-state index contributed by atoms with van der Waals surface area (Å²) in [6.45, 7) is 11.7. The van der Waals surface area contributed by atoms with E-state index in [2.05, 4.69) is 47.1 Å². The molecule has 1 aliphatic heterocycles. The monoisotopic (exact) mass is 354 g/mol. The maximum absolute atomic E-state index is 6.17. The van der Waals surface area contributed by atoms with Gasteiger partial charge in [0.15, 0.2) is 0 Å². The zero-order chi connectivity index (χ0) is 18.6. The van der Waals surface area contributed by atoms with Crippen molar-refractivity contribution in [3.63, 3.8) is 0 Å². The molecule has 0 radical (unpaired) electrons. The first-order valence-electron chi connectivity index (χ1n) is 9.55. The molecule has 0 amide bonds. The summed E-state index contributed by atoms with van der Waals surface area (Å²) < 4.78 is 12.0. The summed E-state index contributed by atoms with van der Waals surface area (Å²) >= 11 is 0. The average molecular weight is 354 g/mol. The Hall–Kier alpha value is -1.91. The van der Waals surface area contributed by atoms with Crippen LogP contribution in [0.1, 0.15) is 49.6 Å². The van der Waals surface area contributed by atoms with Gasteiger partial charge < -0.3 is 9.47 Å². The molecule has 0 bridgehead atoms. The Bertz CT molecular complexity index is 728. The maximum atomic E-state index is 6.17. The second-order valence-corrected chi connectivity index (χ2v) is 7.47. The highest BCUT2D eigenvalue weighted by molar-refractivity contribution is 5.43. The van der Waals surface area contributed by atoms with Gasteiger partial charge >= 0.3 is 0 Å². The molecule has 4 heteroatoms. The van der Waals surface area contributed by atoms with Crippen molar-refractivity contribution >= 4 is 0 Å². The molecule has 0 fully saturated rings. The molecule has 1 aliphatic rings. The molecule has 0 saturated carbocycles. The third-order valence-electron chi connectivity index (χ3n) is 4.74. The van der Waals surface area contributed by atoms with E-state index in [4.69, 9.17) is 9.47 Å². The molecule has 0 unspecified atom stereocenters. The molecule has 0 saturated heterocycles. The first kappa shape index (κ1) is 18.9. The standard InChI is InChI=1S/C22H30N2O2/c1-5-12-24(15-18-9-7-6-8-10-18)16-19-14-23-17(2)21-20(19)11-13-25-22(3,4)26-21/h6-10,14H,5,11-13,15-16H2,1-4H3. The third-order valence-corrected chi connectivity index (χ3v) is 4.74. The zero-order valence-electron chi connectivity index (χ0n) is 16.4. The molecule has 2 heterocycles. The van der Waals surface area contributed by atoms with E-state index in [0.29, 0.717) is 6.61 Å². The third kappa shape index (κ3) is 4.63. The summed E-state index contributed by atoms with van der Waals surface area (Å²) in [7, 11) is 0. The Kier molecular flexibility index (Phi) is 5.94. The fourth-order valence-electron chi connectivity index (χ4n) is 3.51. The lowest BCUT2D eigenvalue weighted by Crippen LogP contribution is -2.31. The molecule has 2 aromatic rings. The minimum atomic E-state index is -0.608. The molecule has 0 aliphatic carbocycles. The highest BCUT2D eigenvalue weighted by atomic mass is 16.7. The van der Waals surface area contributed by atoms with Gasteiger partial charge in [0.05, 0.1) is 12.3 Å². The van der Waals surface area contributed by atoms with E-state index in [9.17, 15) is 0 Å². The molecule has 140 valence electrons. The molecule has 1 aromatic heterocycles. The maximum Gasteiger partial charge on any atom is 0.204 e. The summed E-state index contributed by atoms with van der Waals surface area (Å²) in [6, 6.07) is 10.7. The summed E-state index contributed by atoms with van der Waals surface area (Å²) in [5.41, 5.74) is 4.77. The topological polar surface area (TPSA) is 34.6 Å². The molecule has 0 N–H and O–H groups in total. The number of rotatable bonds is 6. The van der Waals surface area contributed by atoms with Gasteiger partial charge in [-0.2, -0.15) is 0 Å². The van der Waals surface area contributed by atoms with Crippen LogP contribution in [0, 0.1) is 6.92 Å². The van der Waals surface area contributed by atoms with E-state index in [1.165, 1.54) is 16.7 Å². The Morgan fingerprint density at radius 2 is 1.92 bits per heavy atom. The van der Waals surface area contributed by atoms with E-state index < -0.39 is 5.79 Å². The predicted octanol–water partition coefficient (Wildman–Crippen LogP) is 4.49. The number of ether oxygens (including phenoxy) is 2. The molecular formula is C22H30N2O2. The molecule has 0 atom stereocenters. The lowest BCUT2D eigenvalue weighted by atomic mass is 10.0. The number of aromatic nitrogens is 1. The van der Waals surface area contributed by atoms with Crippen LogP contribution in [0.3, 0.4) is 0 Å². The summed E-state index contributed by atoms with van der Waals surface area (Å²) in [5.74, 6) is 0.296. The number of benzene rings is 1. The van der Waals surface area contributed by atoms with Crippen molar-refractivity contribution in [2.75, 3.05) is 13.2 Å². The van der Waals surface area contributed by atoms with Gasteiger partial charge in [-0.3, -0.25) is 9.88 Å². The van der Waals surface area contributed by atoms with Gasteiger partial charge in [0.25, 0.3) is 0 Å². The Balaban J connectivity index is 1.86. The number of pyridine rings is 1.